The van der Waals surface area contributed by atoms with E-state index in [0.29, 0.717) is 6.54 Å². The van der Waals surface area contributed by atoms with Crippen LogP contribution < -0.4 is 0 Å². The zero-order valence-corrected chi connectivity index (χ0v) is 10.4. The number of nitrogens with zero attached hydrogens (tertiary/aromatic N) is 1. The Kier molecular flexibility index (Phi) is 4.02. The van der Waals surface area contributed by atoms with Crippen molar-refractivity contribution < 1.29 is 4.79 Å². The standard InChI is InChI=1S/C13H17NOS/c1-11-4-2-3-5-12(11)13(15)10-14-6-8-16-9-7-14/h2-5H,6-10H2,1H3. The van der Waals surface area contributed by atoms with E-state index in [1.807, 2.05) is 43.0 Å². The highest BCUT2D eigenvalue weighted by atomic mass is 32.2. The van der Waals surface area contributed by atoms with Gasteiger partial charge in [-0.1, -0.05) is 24.3 Å². The van der Waals surface area contributed by atoms with Crippen LogP contribution in [-0.2, 0) is 0 Å². The summed E-state index contributed by atoms with van der Waals surface area (Å²) in [6, 6.07) is 7.84. The van der Waals surface area contributed by atoms with Crippen LogP contribution in [0.15, 0.2) is 24.3 Å². The summed E-state index contributed by atoms with van der Waals surface area (Å²) in [5, 5.41) is 0. The van der Waals surface area contributed by atoms with Crippen molar-refractivity contribution in [1.29, 1.82) is 0 Å². The van der Waals surface area contributed by atoms with Gasteiger partial charge < -0.3 is 0 Å². The molecule has 0 unspecified atom stereocenters. The number of benzene rings is 1. The first-order valence-corrected chi connectivity index (χ1v) is 6.82. The van der Waals surface area contributed by atoms with E-state index in [-0.39, 0.29) is 5.78 Å². The lowest BCUT2D eigenvalue weighted by Gasteiger charge is -2.25. The van der Waals surface area contributed by atoms with Crippen LogP contribution in [0.3, 0.4) is 0 Å². The molecule has 1 aliphatic heterocycles. The zero-order valence-electron chi connectivity index (χ0n) is 9.61. The van der Waals surface area contributed by atoms with E-state index in [0.717, 1.165) is 35.7 Å². The Balaban J connectivity index is 2.00. The molecule has 1 heterocycles. The molecule has 2 rings (SSSR count). The topological polar surface area (TPSA) is 20.3 Å². The molecule has 1 saturated heterocycles. The number of thioether (sulfide) groups is 1. The second-order valence-corrected chi connectivity index (χ2v) is 5.35. The molecule has 0 spiro atoms. The van der Waals surface area contributed by atoms with Crippen molar-refractivity contribution in [2.75, 3.05) is 31.1 Å². The van der Waals surface area contributed by atoms with Crippen molar-refractivity contribution in [1.82, 2.24) is 4.90 Å². The molecule has 1 fully saturated rings. The number of rotatable bonds is 3. The van der Waals surface area contributed by atoms with Crippen LogP contribution >= 0.6 is 11.8 Å². The number of carbonyl (C=O) groups excluding carboxylic acids is 1. The van der Waals surface area contributed by atoms with E-state index >= 15 is 0 Å². The molecule has 2 nitrogen and oxygen atoms in total. The summed E-state index contributed by atoms with van der Waals surface area (Å²) in [5.41, 5.74) is 1.96. The van der Waals surface area contributed by atoms with Crippen LogP contribution in [-0.4, -0.2) is 41.8 Å². The molecule has 1 aromatic carbocycles. The van der Waals surface area contributed by atoms with Gasteiger partial charge in [-0.05, 0) is 12.5 Å². The third-order valence-corrected chi connectivity index (χ3v) is 3.86. The molecular weight excluding hydrogens is 218 g/mol. The van der Waals surface area contributed by atoms with Crippen LogP contribution in [0, 0.1) is 6.92 Å². The van der Waals surface area contributed by atoms with Gasteiger partial charge >= 0.3 is 0 Å². The van der Waals surface area contributed by atoms with E-state index in [2.05, 4.69) is 4.90 Å². The highest BCUT2D eigenvalue weighted by Gasteiger charge is 2.16. The average Bonchev–Trinajstić information content (AvgIpc) is 2.31. The van der Waals surface area contributed by atoms with E-state index in [1.165, 1.54) is 0 Å². The molecule has 0 aromatic heterocycles. The summed E-state index contributed by atoms with van der Waals surface area (Å²) < 4.78 is 0. The molecule has 0 atom stereocenters. The number of Topliss-reactive ketones (excluding diaryl/α,β-unsaturated/α-hetero) is 1. The third-order valence-electron chi connectivity index (χ3n) is 2.92. The molecule has 3 heteroatoms. The van der Waals surface area contributed by atoms with Crippen LogP contribution in [0.2, 0.25) is 0 Å². The van der Waals surface area contributed by atoms with Gasteiger partial charge in [-0.15, -0.1) is 0 Å². The lowest BCUT2D eigenvalue weighted by atomic mass is 10.0. The molecule has 86 valence electrons. The summed E-state index contributed by atoms with van der Waals surface area (Å²) in [5.74, 6) is 2.56. The Morgan fingerprint density at radius 2 is 2.00 bits per heavy atom. The number of ketones is 1. The maximum Gasteiger partial charge on any atom is 0.177 e. The monoisotopic (exact) mass is 235 g/mol. The summed E-state index contributed by atoms with van der Waals surface area (Å²) in [6.07, 6.45) is 0. The predicted octanol–water partition coefficient (Wildman–Crippen LogP) is 2.23. The molecule has 0 amide bonds. The van der Waals surface area contributed by atoms with Gasteiger partial charge in [-0.25, -0.2) is 0 Å². The molecule has 1 aliphatic rings. The van der Waals surface area contributed by atoms with E-state index in [1.54, 1.807) is 0 Å². The predicted molar refractivity (Wildman–Crippen MR) is 69.3 cm³/mol. The van der Waals surface area contributed by atoms with Gasteiger partial charge in [0.1, 0.15) is 0 Å². The Morgan fingerprint density at radius 1 is 1.31 bits per heavy atom. The van der Waals surface area contributed by atoms with Gasteiger partial charge in [-0.2, -0.15) is 11.8 Å². The number of hydrogen-bond acceptors (Lipinski definition) is 3. The SMILES string of the molecule is Cc1ccccc1C(=O)CN1CCSCC1. The lowest BCUT2D eigenvalue weighted by Crippen LogP contribution is -2.36. The summed E-state index contributed by atoms with van der Waals surface area (Å²) in [7, 11) is 0. The number of hydrogen-bond donors (Lipinski definition) is 0. The van der Waals surface area contributed by atoms with Crippen molar-refractivity contribution in [2.24, 2.45) is 0 Å². The van der Waals surface area contributed by atoms with Crippen LogP contribution in [0.1, 0.15) is 15.9 Å². The minimum atomic E-state index is 0.255. The zero-order chi connectivity index (χ0) is 11.4. The Hall–Kier alpha value is -0.800. The normalized spacial score (nSPS) is 17.3. The fraction of sp³-hybridized carbons (Fsp3) is 0.462. The average molecular weight is 235 g/mol. The summed E-state index contributed by atoms with van der Waals surface area (Å²) in [4.78, 5) is 14.3. The molecule has 0 N–H and O–H groups in total. The van der Waals surface area contributed by atoms with E-state index < -0.39 is 0 Å². The molecule has 16 heavy (non-hydrogen) atoms. The Labute approximate surface area is 101 Å². The van der Waals surface area contributed by atoms with Gasteiger partial charge in [0.2, 0.25) is 0 Å². The minimum absolute atomic E-state index is 0.255. The Morgan fingerprint density at radius 3 is 2.69 bits per heavy atom. The summed E-state index contributed by atoms with van der Waals surface area (Å²) >= 11 is 1.97. The van der Waals surface area contributed by atoms with Gasteiger partial charge in [0.25, 0.3) is 0 Å². The quantitative estimate of drug-likeness (QED) is 0.749. The molecule has 0 bridgehead atoms. The first-order valence-electron chi connectivity index (χ1n) is 5.66. The van der Waals surface area contributed by atoms with Crippen molar-refractivity contribution in [3.8, 4) is 0 Å². The smallest absolute Gasteiger partial charge is 0.177 e. The molecule has 1 aromatic rings. The van der Waals surface area contributed by atoms with E-state index in [4.69, 9.17) is 0 Å². The third kappa shape index (κ3) is 2.86. The van der Waals surface area contributed by atoms with Crippen molar-refractivity contribution in [2.45, 2.75) is 6.92 Å². The Bertz CT molecular complexity index is 372. The highest BCUT2D eigenvalue weighted by molar-refractivity contribution is 7.99. The van der Waals surface area contributed by atoms with E-state index in [9.17, 15) is 4.79 Å². The van der Waals surface area contributed by atoms with Crippen LogP contribution in [0.4, 0.5) is 0 Å². The molecular formula is C13H17NOS. The van der Waals surface area contributed by atoms with Gasteiger partial charge in [0.15, 0.2) is 5.78 Å². The fourth-order valence-corrected chi connectivity index (χ4v) is 2.91. The second-order valence-electron chi connectivity index (χ2n) is 4.13. The largest absolute Gasteiger partial charge is 0.294 e. The number of aryl methyl sites for hydroxylation is 1. The van der Waals surface area contributed by atoms with Crippen molar-refractivity contribution >= 4 is 17.5 Å². The van der Waals surface area contributed by atoms with Crippen LogP contribution in [0.5, 0.6) is 0 Å². The van der Waals surface area contributed by atoms with Gasteiger partial charge in [-0.3, -0.25) is 9.69 Å². The first-order chi connectivity index (χ1) is 7.77. The number of carbonyl (C=O) groups is 1. The van der Waals surface area contributed by atoms with Crippen molar-refractivity contribution in [3.05, 3.63) is 35.4 Å². The maximum absolute atomic E-state index is 12.1. The first kappa shape index (κ1) is 11.7. The fourth-order valence-electron chi connectivity index (χ4n) is 1.93. The van der Waals surface area contributed by atoms with Gasteiger partial charge in [0, 0.05) is 30.2 Å². The van der Waals surface area contributed by atoms with Crippen molar-refractivity contribution in [3.63, 3.8) is 0 Å². The van der Waals surface area contributed by atoms with Gasteiger partial charge in [0.05, 0.1) is 6.54 Å². The lowest BCUT2D eigenvalue weighted by molar-refractivity contribution is 0.0936. The molecule has 0 radical (unpaired) electrons. The molecule has 0 saturated carbocycles. The molecule has 0 aliphatic carbocycles. The minimum Gasteiger partial charge on any atom is -0.294 e. The summed E-state index contributed by atoms with van der Waals surface area (Å²) in [6.45, 7) is 4.66. The second kappa shape index (κ2) is 5.51. The highest BCUT2D eigenvalue weighted by Crippen LogP contribution is 2.12. The van der Waals surface area contributed by atoms with Crippen LogP contribution in [0.25, 0.3) is 0 Å². The maximum atomic E-state index is 12.1.